The molecule has 0 aromatic carbocycles. The highest BCUT2D eigenvalue weighted by Gasteiger charge is 2.33. The Bertz CT molecular complexity index is 249. The zero-order chi connectivity index (χ0) is 9.84. The van der Waals surface area contributed by atoms with E-state index >= 15 is 0 Å². The van der Waals surface area contributed by atoms with Gasteiger partial charge >= 0.3 is 5.97 Å². The van der Waals surface area contributed by atoms with Crippen molar-refractivity contribution in [2.24, 2.45) is 5.92 Å². The van der Waals surface area contributed by atoms with Crippen molar-refractivity contribution in [3.63, 3.8) is 0 Å². The fraction of sp³-hybridized carbons (Fsp3) is 0.500. The second-order valence-electron chi connectivity index (χ2n) is 2.59. The molecule has 0 spiro atoms. The summed E-state index contributed by atoms with van der Waals surface area (Å²) in [7, 11) is 0. The Morgan fingerprint density at radius 1 is 1.77 bits per heavy atom. The highest BCUT2D eigenvalue weighted by atomic mass is 16.5. The molecule has 1 aliphatic heterocycles. The van der Waals surface area contributed by atoms with E-state index in [9.17, 15) is 14.7 Å². The molecule has 0 radical (unpaired) electrons. The maximum Gasteiger partial charge on any atom is 0.316 e. The molecule has 0 saturated heterocycles. The summed E-state index contributed by atoms with van der Waals surface area (Å²) in [5.41, 5.74) is 0. The molecule has 5 nitrogen and oxygen atoms in total. The highest BCUT2D eigenvalue weighted by molar-refractivity contribution is 5.90. The number of aliphatic hydroxyl groups excluding tert-OH is 1. The van der Waals surface area contributed by atoms with E-state index in [0.717, 1.165) is 0 Å². The first-order valence-electron chi connectivity index (χ1n) is 3.98. The van der Waals surface area contributed by atoms with Gasteiger partial charge in [-0.15, -0.1) is 0 Å². The van der Waals surface area contributed by atoms with Crippen molar-refractivity contribution < 1.29 is 19.4 Å². The average Bonchev–Trinajstić information content (AvgIpc) is 2.10. The summed E-state index contributed by atoms with van der Waals surface area (Å²) in [6.45, 7) is 1.90. The summed E-state index contributed by atoms with van der Waals surface area (Å²) in [6.07, 6.45) is 1.39. The van der Waals surface area contributed by atoms with E-state index < -0.39 is 23.9 Å². The zero-order valence-corrected chi connectivity index (χ0v) is 7.19. The predicted octanol–water partition coefficient (Wildman–Crippen LogP) is -0.830. The van der Waals surface area contributed by atoms with Crippen LogP contribution >= 0.6 is 0 Å². The van der Waals surface area contributed by atoms with Gasteiger partial charge < -0.3 is 15.2 Å². The number of aliphatic hydroxyl groups is 1. The molecule has 13 heavy (non-hydrogen) atoms. The Kier molecular flexibility index (Phi) is 3.02. The van der Waals surface area contributed by atoms with Crippen molar-refractivity contribution in [2.75, 3.05) is 6.61 Å². The quantitative estimate of drug-likeness (QED) is 0.550. The van der Waals surface area contributed by atoms with Crippen molar-refractivity contribution in [3.05, 3.63) is 12.3 Å². The number of ether oxygens (including phenoxy) is 1. The average molecular weight is 185 g/mol. The van der Waals surface area contributed by atoms with Crippen LogP contribution in [0, 0.1) is 5.92 Å². The molecule has 1 heterocycles. The maximum atomic E-state index is 11.1. The molecule has 1 amide bonds. The second kappa shape index (κ2) is 4.04. The number of rotatable bonds is 2. The fourth-order valence-electron chi connectivity index (χ4n) is 1.03. The van der Waals surface area contributed by atoms with Crippen molar-refractivity contribution in [1.29, 1.82) is 0 Å². The van der Waals surface area contributed by atoms with Crippen molar-refractivity contribution in [2.45, 2.75) is 13.0 Å². The third kappa shape index (κ3) is 2.06. The van der Waals surface area contributed by atoms with E-state index in [0.29, 0.717) is 0 Å². The Balaban J connectivity index is 2.68. The monoisotopic (exact) mass is 185 g/mol. The SMILES string of the molecule is CCOC(=O)[C@H]1C=CNC(=O)[C@H]1O. The molecule has 72 valence electrons. The van der Waals surface area contributed by atoms with Crippen molar-refractivity contribution >= 4 is 11.9 Å². The smallest absolute Gasteiger partial charge is 0.316 e. The van der Waals surface area contributed by atoms with Gasteiger partial charge in [-0.05, 0) is 6.92 Å². The summed E-state index contributed by atoms with van der Waals surface area (Å²) in [5.74, 6) is -2.05. The molecular formula is C8H11NO4. The standard InChI is InChI=1S/C8H11NO4/c1-2-13-8(12)5-3-4-9-7(11)6(5)10/h3-6,10H,2H2,1H3,(H,9,11)/t5-,6-/m0/s1. The van der Waals surface area contributed by atoms with Crippen molar-refractivity contribution in [1.82, 2.24) is 5.32 Å². The van der Waals surface area contributed by atoms with Crippen LogP contribution in [0.4, 0.5) is 0 Å². The van der Waals surface area contributed by atoms with Gasteiger partial charge in [0, 0.05) is 6.20 Å². The Hall–Kier alpha value is -1.36. The number of nitrogens with one attached hydrogen (secondary N) is 1. The van der Waals surface area contributed by atoms with Gasteiger partial charge in [-0.2, -0.15) is 0 Å². The lowest BCUT2D eigenvalue weighted by molar-refractivity contribution is -0.153. The molecule has 0 aliphatic carbocycles. The van der Waals surface area contributed by atoms with Crippen LogP contribution in [0.25, 0.3) is 0 Å². The summed E-state index contributed by atoms with van der Waals surface area (Å²) in [6, 6.07) is 0. The molecule has 1 rings (SSSR count). The molecular weight excluding hydrogens is 174 g/mol. The lowest BCUT2D eigenvalue weighted by Crippen LogP contribution is -2.43. The number of hydrogen-bond donors (Lipinski definition) is 2. The number of carbonyl (C=O) groups is 2. The zero-order valence-electron chi connectivity index (χ0n) is 7.19. The topological polar surface area (TPSA) is 75.6 Å². The van der Waals surface area contributed by atoms with E-state index in [4.69, 9.17) is 0 Å². The Morgan fingerprint density at radius 2 is 2.46 bits per heavy atom. The van der Waals surface area contributed by atoms with Gasteiger partial charge in [0.05, 0.1) is 6.61 Å². The molecule has 0 fully saturated rings. The minimum Gasteiger partial charge on any atom is -0.465 e. The molecule has 2 atom stereocenters. The Morgan fingerprint density at radius 3 is 3.08 bits per heavy atom. The fourth-order valence-corrected chi connectivity index (χ4v) is 1.03. The van der Waals surface area contributed by atoms with E-state index in [1.807, 2.05) is 0 Å². The van der Waals surface area contributed by atoms with E-state index in [-0.39, 0.29) is 6.61 Å². The number of esters is 1. The molecule has 0 unspecified atom stereocenters. The van der Waals surface area contributed by atoms with Crippen LogP contribution in [0.1, 0.15) is 6.92 Å². The normalized spacial score (nSPS) is 26.8. The predicted molar refractivity (Wildman–Crippen MR) is 43.4 cm³/mol. The van der Waals surface area contributed by atoms with Crippen LogP contribution in [0.5, 0.6) is 0 Å². The summed E-state index contributed by atoms with van der Waals surface area (Å²) in [5, 5.41) is 11.6. The number of hydrogen-bond acceptors (Lipinski definition) is 4. The largest absolute Gasteiger partial charge is 0.465 e. The second-order valence-corrected chi connectivity index (χ2v) is 2.59. The Labute approximate surface area is 75.4 Å². The van der Waals surface area contributed by atoms with Gasteiger partial charge in [0.15, 0.2) is 0 Å². The minimum absolute atomic E-state index is 0.234. The van der Waals surface area contributed by atoms with Gasteiger partial charge in [-0.1, -0.05) is 6.08 Å². The molecule has 0 aromatic heterocycles. The summed E-state index contributed by atoms with van der Waals surface area (Å²) in [4.78, 5) is 22.0. The molecule has 0 saturated carbocycles. The minimum atomic E-state index is -1.34. The third-order valence-corrected chi connectivity index (χ3v) is 1.70. The van der Waals surface area contributed by atoms with Gasteiger partial charge in [-0.25, -0.2) is 0 Å². The third-order valence-electron chi connectivity index (χ3n) is 1.70. The van der Waals surface area contributed by atoms with Crippen LogP contribution in [-0.2, 0) is 14.3 Å². The molecule has 5 heteroatoms. The van der Waals surface area contributed by atoms with E-state index in [2.05, 4.69) is 10.1 Å². The van der Waals surface area contributed by atoms with Crippen LogP contribution in [0.2, 0.25) is 0 Å². The first kappa shape index (κ1) is 9.73. The van der Waals surface area contributed by atoms with Crippen molar-refractivity contribution in [3.8, 4) is 0 Å². The van der Waals surface area contributed by atoms with Gasteiger partial charge in [0.25, 0.3) is 5.91 Å². The number of carbonyl (C=O) groups excluding carboxylic acids is 2. The maximum absolute atomic E-state index is 11.1. The van der Waals surface area contributed by atoms with Crippen LogP contribution in [0.3, 0.4) is 0 Å². The lowest BCUT2D eigenvalue weighted by atomic mass is 10.00. The summed E-state index contributed by atoms with van der Waals surface area (Å²) < 4.78 is 4.67. The molecule has 0 bridgehead atoms. The van der Waals surface area contributed by atoms with Crippen LogP contribution in [-0.4, -0.2) is 29.7 Å². The van der Waals surface area contributed by atoms with E-state index in [1.165, 1.54) is 12.3 Å². The molecule has 2 N–H and O–H groups in total. The first-order chi connectivity index (χ1) is 6.16. The highest BCUT2D eigenvalue weighted by Crippen LogP contribution is 2.11. The van der Waals surface area contributed by atoms with Crippen LogP contribution < -0.4 is 5.32 Å². The first-order valence-corrected chi connectivity index (χ1v) is 3.98. The van der Waals surface area contributed by atoms with Gasteiger partial charge in [0.1, 0.15) is 12.0 Å². The van der Waals surface area contributed by atoms with Gasteiger partial charge in [-0.3, -0.25) is 9.59 Å². The van der Waals surface area contributed by atoms with Gasteiger partial charge in [0.2, 0.25) is 0 Å². The van der Waals surface area contributed by atoms with E-state index in [1.54, 1.807) is 6.92 Å². The lowest BCUT2D eigenvalue weighted by Gasteiger charge is -2.20. The molecule has 0 aromatic rings. The summed E-state index contributed by atoms with van der Waals surface area (Å²) >= 11 is 0. The molecule has 1 aliphatic rings. The van der Waals surface area contributed by atoms with Crippen LogP contribution in [0.15, 0.2) is 12.3 Å². The number of amides is 1.